The van der Waals surface area contributed by atoms with Gasteiger partial charge in [0.2, 0.25) is 0 Å². The molecule has 0 saturated carbocycles. The molecule has 2 rings (SSSR count). The van der Waals surface area contributed by atoms with Crippen LogP contribution in [-0.4, -0.2) is 22.7 Å². The molecule has 4 nitrogen and oxygen atoms in total. The molecule has 0 amide bonds. The highest BCUT2D eigenvalue weighted by Gasteiger charge is 2.08. The van der Waals surface area contributed by atoms with E-state index in [0.29, 0.717) is 6.54 Å². The number of nitrogens with one attached hydrogen (secondary N) is 1. The van der Waals surface area contributed by atoms with E-state index in [1.165, 1.54) is 12.0 Å². The van der Waals surface area contributed by atoms with E-state index in [4.69, 9.17) is 4.42 Å². The average Bonchev–Trinajstić information content (AvgIpc) is 2.89. The zero-order valence-electron chi connectivity index (χ0n) is 9.54. The topological polar surface area (TPSA) is 58.3 Å². The standard InChI is InChI=1S/C13H16N2O2/c16-9-12(6-11-4-2-1-3-5-11)15-8-13-7-14-10-17-13/h1-5,7,10,12,15-16H,6,8-9H2. The third-order valence-electron chi connectivity index (χ3n) is 2.59. The molecule has 1 aromatic heterocycles. The van der Waals surface area contributed by atoms with Gasteiger partial charge in [0.1, 0.15) is 5.76 Å². The molecule has 0 aliphatic rings. The summed E-state index contributed by atoms with van der Waals surface area (Å²) >= 11 is 0. The molecule has 2 aromatic rings. The minimum atomic E-state index is 0.0301. The van der Waals surface area contributed by atoms with E-state index in [2.05, 4.69) is 22.4 Å². The maximum absolute atomic E-state index is 9.31. The summed E-state index contributed by atoms with van der Waals surface area (Å²) < 4.78 is 5.12. The van der Waals surface area contributed by atoms with E-state index in [-0.39, 0.29) is 12.6 Å². The number of benzene rings is 1. The second-order valence-corrected chi connectivity index (χ2v) is 3.92. The Balaban J connectivity index is 1.85. The number of hydrogen-bond acceptors (Lipinski definition) is 4. The summed E-state index contributed by atoms with van der Waals surface area (Å²) in [5.74, 6) is 0.775. The molecule has 1 aromatic carbocycles. The first kappa shape index (κ1) is 11.8. The summed E-state index contributed by atoms with van der Waals surface area (Å²) in [5, 5.41) is 12.5. The van der Waals surface area contributed by atoms with Crippen molar-refractivity contribution in [1.82, 2.24) is 10.3 Å². The lowest BCUT2D eigenvalue weighted by molar-refractivity contribution is 0.238. The van der Waals surface area contributed by atoms with Crippen molar-refractivity contribution in [1.29, 1.82) is 0 Å². The summed E-state index contributed by atoms with van der Waals surface area (Å²) in [6, 6.07) is 10.1. The Morgan fingerprint density at radius 2 is 2.12 bits per heavy atom. The molecule has 17 heavy (non-hydrogen) atoms. The van der Waals surface area contributed by atoms with E-state index in [0.717, 1.165) is 12.2 Å². The lowest BCUT2D eigenvalue weighted by Gasteiger charge is -2.15. The van der Waals surface area contributed by atoms with E-state index in [1.54, 1.807) is 6.20 Å². The van der Waals surface area contributed by atoms with Crippen LogP contribution in [-0.2, 0) is 13.0 Å². The van der Waals surface area contributed by atoms with Gasteiger partial charge in [-0.15, -0.1) is 0 Å². The number of aliphatic hydroxyl groups is 1. The normalized spacial score (nSPS) is 12.5. The Hall–Kier alpha value is -1.65. The van der Waals surface area contributed by atoms with E-state index in [9.17, 15) is 5.11 Å². The fourth-order valence-corrected chi connectivity index (χ4v) is 1.67. The largest absolute Gasteiger partial charge is 0.447 e. The van der Waals surface area contributed by atoms with Crippen LogP contribution in [0, 0.1) is 0 Å². The molecule has 0 spiro atoms. The van der Waals surface area contributed by atoms with E-state index in [1.807, 2.05) is 18.2 Å². The van der Waals surface area contributed by atoms with Crippen LogP contribution in [0.4, 0.5) is 0 Å². The average molecular weight is 232 g/mol. The van der Waals surface area contributed by atoms with Gasteiger partial charge in [-0.1, -0.05) is 30.3 Å². The van der Waals surface area contributed by atoms with Crippen molar-refractivity contribution in [2.45, 2.75) is 19.0 Å². The van der Waals surface area contributed by atoms with Gasteiger partial charge in [0.25, 0.3) is 0 Å². The third kappa shape index (κ3) is 3.69. The lowest BCUT2D eigenvalue weighted by Crippen LogP contribution is -2.33. The summed E-state index contributed by atoms with van der Waals surface area (Å²) in [6.07, 6.45) is 3.87. The van der Waals surface area contributed by atoms with Crippen molar-refractivity contribution >= 4 is 0 Å². The Labute approximate surface area is 100 Å². The predicted octanol–water partition coefficient (Wildman–Crippen LogP) is 1.37. The van der Waals surface area contributed by atoms with Crippen LogP contribution in [0.25, 0.3) is 0 Å². The summed E-state index contributed by atoms with van der Waals surface area (Å²) in [5.41, 5.74) is 1.21. The zero-order chi connectivity index (χ0) is 11.9. The first-order valence-corrected chi connectivity index (χ1v) is 5.64. The van der Waals surface area contributed by atoms with Crippen LogP contribution in [0.1, 0.15) is 11.3 Å². The van der Waals surface area contributed by atoms with Gasteiger partial charge in [0.15, 0.2) is 6.39 Å². The Bertz CT molecular complexity index is 414. The van der Waals surface area contributed by atoms with Crippen molar-refractivity contribution in [2.75, 3.05) is 6.61 Å². The monoisotopic (exact) mass is 232 g/mol. The van der Waals surface area contributed by atoms with Crippen LogP contribution in [0.5, 0.6) is 0 Å². The quantitative estimate of drug-likeness (QED) is 0.789. The maximum atomic E-state index is 9.31. The van der Waals surface area contributed by atoms with Crippen molar-refractivity contribution in [3.05, 3.63) is 54.2 Å². The Morgan fingerprint density at radius 1 is 1.29 bits per heavy atom. The van der Waals surface area contributed by atoms with Crippen molar-refractivity contribution < 1.29 is 9.52 Å². The highest BCUT2D eigenvalue weighted by Crippen LogP contribution is 2.04. The molecule has 0 saturated heterocycles. The van der Waals surface area contributed by atoms with Crippen LogP contribution < -0.4 is 5.32 Å². The summed E-state index contributed by atoms with van der Waals surface area (Å²) in [4.78, 5) is 3.84. The van der Waals surface area contributed by atoms with Crippen molar-refractivity contribution in [3.63, 3.8) is 0 Å². The number of rotatable bonds is 6. The molecular weight excluding hydrogens is 216 g/mol. The van der Waals surface area contributed by atoms with Crippen LogP contribution in [0.2, 0.25) is 0 Å². The molecule has 2 N–H and O–H groups in total. The van der Waals surface area contributed by atoms with Gasteiger partial charge >= 0.3 is 0 Å². The minimum absolute atomic E-state index is 0.0301. The van der Waals surface area contributed by atoms with Crippen LogP contribution >= 0.6 is 0 Å². The number of hydrogen-bond donors (Lipinski definition) is 2. The highest BCUT2D eigenvalue weighted by atomic mass is 16.3. The number of aromatic nitrogens is 1. The summed E-state index contributed by atoms with van der Waals surface area (Å²) in [6.45, 7) is 0.682. The van der Waals surface area contributed by atoms with E-state index >= 15 is 0 Å². The zero-order valence-corrected chi connectivity index (χ0v) is 9.54. The smallest absolute Gasteiger partial charge is 0.180 e. The van der Waals surface area contributed by atoms with Gasteiger partial charge in [0.05, 0.1) is 19.3 Å². The molecule has 0 aliphatic carbocycles. The molecule has 0 aliphatic heterocycles. The highest BCUT2D eigenvalue weighted by molar-refractivity contribution is 5.15. The van der Waals surface area contributed by atoms with Crippen molar-refractivity contribution in [3.8, 4) is 0 Å². The first-order chi connectivity index (χ1) is 8.38. The summed E-state index contributed by atoms with van der Waals surface area (Å²) in [7, 11) is 0. The molecule has 0 bridgehead atoms. The molecule has 1 unspecified atom stereocenters. The number of oxazole rings is 1. The molecule has 4 heteroatoms. The van der Waals surface area contributed by atoms with Gasteiger partial charge in [-0.3, -0.25) is 0 Å². The third-order valence-corrected chi connectivity index (χ3v) is 2.59. The van der Waals surface area contributed by atoms with E-state index < -0.39 is 0 Å². The van der Waals surface area contributed by atoms with Gasteiger partial charge < -0.3 is 14.8 Å². The van der Waals surface area contributed by atoms with Gasteiger partial charge in [-0.2, -0.15) is 0 Å². The second kappa shape index (κ2) is 6.18. The SMILES string of the molecule is OCC(Cc1ccccc1)NCc1cnco1. The molecular formula is C13H16N2O2. The van der Waals surface area contributed by atoms with Gasteiger partial charge in [-0.25, -0.2) is 4.98 Å². The molecule has 90 valence electrons. The maximum Gasteiger partial charge on any atom is 0.180 e. The number of aliphatic hydroxyl groups excluding tert-OH is 1. The fourth-order valence-electron chi connectivity index (χ4n) is 1.67. The lowest BCUT2D eigenvalue weighted by atomic mass is 10.1. The molecule has 0 radical (unpaired) electrons. The molecule has 1 heterocycles. The Morgan fingerprint density at radius 3 is 2.76 bits per heavy atom. The van der Waals surface area contributed by atoms with Crippen molar-refractivity contribution in [2.24, 2.45) is 0 Å². The minimum Gasteiger partial charge on any atom is -0.447 e. The second-order valence-electron chi connectivity index (χ2n) is 3.92. The number of nitrogens with zero attached hydrogens (tertiary/aromatic N) is 1. The van der Waals surface area contributed by atoms with Crippen LogP contribution in [0.15, 0.2) is 47.3 Å². The van der Waals surface area contributed by atoms with Gasteiger partial charge in [-0.05, 0) is 12.0 Å². The molecule has 0 fully saturated rings. The van der Waals surface area contributed by atoms with Crippen LogP contribution in [0.3, 0.4) is 0 Å². The Kier molecular flexibility index (Phi) is 4.30. The first-order valence-electron chi connectivity index (χ1n) is 5.64. The molecule has 1 atom stereocenters. The fraction of sp³-hybridized carbons (Fsp3) is 0.308. The predicted molar refractivity (Wildman–Crippen MR) is 64.4 cm³/mol. The van der Waals surface area contributed by atoms with Gasteiger partial charge in [0, 0.05) is 6.04 Å².